The number of nitrogens with one attached hydrogen (secondary N) is 1. The van der Waals surface area contributed by atoms with Gasteiger partial charge in [0.25, 0.3) is 5.91 Å². The van der Waals surface area contributed by atoms with Crippen LogP contribution in [0.1, 0.15) is 10.4 Å². The Kier molecular flexibility index (Phi) is 5.54. The summed E-state index contributed by atoms with van der Waals surface area (Å²) in [4.78, 5) is 26.0. The summed E-state index contributed by atoms with van der Waals surface area (Å²) in [7, 11) is 1.55. The predicted molar refractivity (Wildman–Crippen MR) is 99.5 cm³/mol. The zero-order valence-corrected chi connectivity index (χ0v) is 15.4. The molecule has 0 aromatic heterocycles. The first-order chi connectivity index (χ1) is 12.4. The van der Waals surface area contributed by atoms with E-state index in [9.17, 15) is 9.59 Å². The highest BCUT2D eigenvalue weighted by atomic mass is 35.5. The van der Waals surface area contributed by atoms with Gasteiger partial charge in [0.2, 0.25) is 5.91 Å². The van der Waals surface area contributed by atoms with E-state index in [0.717, 1.165) is 0 Å². The van der Waals surface area contributed by atoms with Gasteiger partial charge in [0.15, 0.2) is 11.5 Å². The van der Waals surface area contributed by atoms with Crippen LogP contribution < -0.4 is 14.8 Å². The van der Waals surface area contributed by atoms with Crippen molar-refractivity contribution in [3.05, 3.63) is 52.0 Å². The monoisotopic (exact) mass is 394 g/mol. The fourth-order valence-electron chi connectivity index (χ4n) is 2.46. The number of amides is 2. The average molecular weight is 395 g/mol. The molecule has 1 aliphatic heterocycles. The zero-order chi connectivity index (χ0) is 18.7. The van der Waals surface area contributed by atoms with E-state index < -0.39 is 0 Å². The van der Waals surface area contributed by atoms with Crippen molar-refractivity contribution in [2.75, 3.05) is 32.1 Å². The number of fused-ring (bicyclic) bond motifs is 1. The van der Waals surface area contributed by atoms with Crippen LogP contribution in [0.25, 0.3) is 0 Å². The Balaban J connectivity index is 1.63. The summed E-state index contributed by atoms with van der Waals surface area (Å²) in [5.74, 6) is 0.478. The number of nitrogens with zero attached hydrogens (tertiary/aromatic N) is 1. The van der Waals surface area contributed by atoms with Gasteiger partial charge in [-0.25, -0.2) is 0 Å². The molecule has 1 N–H and O–H groups in total. The molecule has 2 amide bonds. The maximum absolute atomic E-state index is 12.5. The van der Waals surface area contributed by atoms with Crippen LogP contribution in [0.2, 0.25) is 10.0 Å². The number of carbonyl (C=O) groups excluding carboxylic acids is 2. The van der Waals surface area contributed by atoms with Crippen LogP contribution in [0.4, 0.5) is 5.69 Å². The summed E-state index contributed by atoms with van der Waals surface area (Å²) in [6.07, 6.45) is 0. The lowest BCUT2D eigenvalue weighted by Crippen LogP contribution is -2.35. The highest BCUT2D eigenvalue weighted by Crippen LogP contribution is 2.31. The zero-order valence-electron chi connectivity index (χ0n) is 13.9. The molecule has 0 fully saturated rings. The van der Waals surface area contributed by atoms with E-state index in [1.54, 1.807) is 43.4 Å². The minimum atomic E-state index is -0.350. The molecule has 8 heteroatoms. The number of ether oxygens (including phenoxy) is 2. The molecule has 0 atom stereocenters. The van der Waals surface area contributed by atoms with Gasteiger partial charge in [0, 0.05) is 18.3 Å². The van der Waals surface area contributed by atoms with Gasteiger partial charge in [-0.2, -0.15) is 0 Å². The number of benzene rings is 2. The van der Waals surface area contributed by atoms with Gasteiger partial charge in [-0.05, 0) is 36.4 Å². The Hall–Kier alpha value is -2.44. The van der Waals surface area contributed by atoms with Crippen LogP contribution in [-0.4, -0.2) is 43.5 Å². The standard InChI is InChI=1S/C18H16Cl2N2O4/c1-22(10-17(23)21-12-3-4-13(19)14(20)9-12)18(24)11-2-5-15-16(8-11)26-7-6-25-15/h2-5,8-9H,6-7,10H2,1H3,(H,21,23). The van der Waals surface area contributed by atoms with Crippen molar-refractivity contribution in [2.45, 2.75) is 0 Å². The molecule has 3 rings (SSSR count). The lowest BCUT2D eigenvalue weighted by molar-refractivity contribution is -0.116. The van der Waals surface area contributed by atoms with Gasteiger partial charge >= 0.3 is 0 Å². The first kappa shape index (κ1) is 18.4. The Bertz CT molecular complexity index is 857. The SMILES string of the molecule is CN(CC(=O)Nc1ccc(Cl)c(Cl)c1)C(=O)c1ccc2c(c1)OCCO2. The van der Waals surface area contributed by atoms with Crippen LogP contribution in [0.3, 0.4) is 0 Å². The minimum absolute atomic E-state index is 0.118. The smallest absolute Gasteiger partial charge is 0.254 e. The first-order valence-corrected chi connectivity index (χ1v) is 8.59. The molecule has 0 radical (unpaired) electrons. The molecular weight excluding hydrogens is 379 g/mol. The fourth-order valence-corrected chi connectivity index (χ4v) is 2.76. The quantitative estimate of drug-likeness (QED) is 0.861. The minimum Gasteiger partial charge on any atom is -0.486 e. The molecule has 0 saturated carbocycles. The summed E-state index contributed by atoms with van der Waals surface area (Å²) < 4.78 is 10.9. The molecule has 0 bridgehead atoms. The van der Waals surface area contributed by atoms with Gasteiger partial charge in [0.05, 0.1) is 16.6 Å². The molecule has 26 heavy (non-hydrogen) atoms. The number of likely N-dealkylation sites (N-methyl/N-ethyl adjacent to an activating group) is 1. The second kappa shape index (κ2) is 7.85. The number of rotatable bonds is 4. The first-order valence-electron chi connectivity index (χ1n) is 7.84. The summed E-state index contributed by atoms with van der Waals surface area (Å²) in [6, 6.07) is 9.71. The van der Waals surface area contributed by atoms with Gasteiger partial charge in [0.1, 0.15) is 13.2 Å². The van der Waals surface area contributed by atoms with Crippen molar-refractivity contribution in [1.82, 2.24) is 4.90 Å². The molecule has 0 aliphatic carbocycles. The van der Waals surface area contributed by atoms with Crippen molar-refractivity contribution in [3.63, 3.8) is 0 Å². The molecule has 136 valence electrons. The Labute approximate surface area is 160 Å². The fraction of sp³-hybridized carbons (Fsp3) is 0.222. The molecule has 1 aliphatic rings. The van der Waals surface area contributed by atoms with Crippen LogP contribution in [-0.2, 0) is 4.79 Å². The third-order valence-electron chi connectivity index (χ3n) is 3.72. The van der Waals surface area contributed by atoms with Gasteiger partial charge in [-0.3, -0.25) is 9.59 Å². The largest absolute Gasteiger partial charge is 0.486 e. The summed E-state index contributed by atoms with van der Waals surface area (Å²) in [5, 5.41) is 3.41. The Morgan fingerprint density at radius 1 is 1.04 bits per heavy atom. The van der Waals surface area contributed by atoms with Gasteiger partial charge in [-0.15, -0.1) is 0 Å². The van der Waals surface area contributed by atoms with Crippen LogP contribution in [0.5, 0.6) is 11.5 Å². The van der Waals surface area contributed by atoms with E-state index in [1.165, 1.54) is 4.90 Å². The number of carbonyl (C=O) groups is 2. The number of hydrogen-bond acceptors (Lipinski definition) is 4. The normalized spacial score (nSPS) is 12.4. The van der Waals surface area contributed by atoms with E-state index >= 15 is 0 Å². The maximum atomic E-state index is 12.5. The molecular formula is C18H16Cl2N2O4. The molecule has 2 aromatic rings. The second-order valence-electron chi connectivity index (χ2n) is 5.70. The lowest BCUT2D eigenvalue weighted by atomic mass is 10.1. The van der Waals surface area contributed by atoms with Crippen molar-refractivity contribution in [2.24, 2.45) is 0 Å². The van der Waals surface area contributed by atoms with Crippen LogP contribution in [0.15, 0.2) is 36.4 Å². The molecule has 0 spiro atoms. The lowest BCUT2D eigenvalue weighted by Gasteiger charge is -2.20. The highest BCUT2D eigenvalue weighted by Gasteiger charge is 2.19. The Morgan fingerprint density at radius 3 is 2.50 bits per heavy atom. The molecule has 1 heterocycles. The summed E-state index contributed by atoms with van der Waals surface area (Å²) in [5.41, 5.74) is 0.920. The van der Waals surface area contributed by atoms with E-state index in [0.29, 0.717) is 46.0 Å². The molecule has 6 nitrogen and oxygen atoms in total. The Morgan fingerprint density at radius 2 is 1.77 bits per heavy atom. The average Bonchev–Trinajstić information content (AvgIpc) is 2.63. The number of halogens is 2. The van der Waals surface area contributed by atoms with Crippen LogP contribution >= 0.6 is 23.2 Å². The van der Waals surface area contributed by atoms with E-state index in [1.807, 2.05) is 0 Å². The third-order valence-corrected chi connectivity index (χ3v) is 4.46. The van der Waals surface area contributed by atoms with Crippen molar-refractivity contribution >= 4 is 40.7 Å². The van der Waals surface area contributed by atoms with E-state index in [4.69, 9.17) is 32.7 Å². The molecule has 0 saturated heterocycles. The highest BCUT2D eigenvalue weighted by molar-refractivity contribution is 6.42. The topological polar surface area (TPSA) is 67.9 Å². The molecule has 0 unspecified atom stereocenters. The van der Waals surface area contributed by atoms with Crippen molar-refractivity contribution < 1.29 is 19.1 Å². The van der Waals surface area contributed by atoms with Gasteiger partial charge < -0.3 is 19.7 Å². The van der Waals surface area contributed by atoms with E-state index in [-0.39, 0.29) is 18.4 Å². The van der Waals surface area contributed by atoms with Crippen molar-refractivity contribution in [3.8, 4) is 11.5 Å². The molecule has 2 aromatic carbocycles. The number of hydrogen-bond donors (Lipinski definition) is 1. The van der Waals surface area contributed by atoms with Crippen molar-refractivity contribution in [1.29, 1.82) is 0 Å². The second-order valence-corrected chi connectivity index (χ2v) is 6.51. The van der Waals surface area contributed by atoms with Gasteiger partial charge in [-0.1, -0.05) is 23.2 Å². The maximum Gasteiger partial charge on any atom is 0.254 e. The predicted octanol–water partition coefficient (Wildman–Crippen LogP) is 3.48. The third kappa shape index (κ3) is 4.20. The number of anilines is 1. The van der Waals surface area contributed by atoms with E-state index in [2.05, 4.69) is 5.32 Å². The van der Waals surface area contributed by atoms with Crippen LogP contribution in [0, 0.1) is 0 Å². The summed E-state index contributed by atoms with van der Waals surface area (Å²) in [6.45, 7) is 0.801. The summed E-state index contributed by atoms with van der Waals surface area (Å²) >= 11 is 11.8.